The summed E-state index contributed by atoms with van der Waals surface area (Å²) in [7, 11) is 0. The first-order valence-corrected chi connectivity index (χ1v) is 5.55. The van der Waals surface area contributed by atoms with E-state index in [1.54, 1.807) is 0 Å². The van der Waals surface area contributed by atoms with Gasteiger partial charge in [-0.1, -0.05) is 6.42 Å². The fourth-order valence-corrected chi connectivity index (χ4v) is 1.93. The molecule has 16 heavy (non-hydrogen) atoms. The Kier molecular flexibility index (Phi) is 4.61. The van der Waals surface area contributed by atoms with Crippen LogP contribution in [0.25, 0.3) is 0 Å². The van der Waals surface area contributed by atoms with Crippen molar-refractivity contribution in [1.82, 2.24) is 5.32 Å². The Hall–Kier alpha value is -0.750. The molecular weight excluding hydrogens is 216 g/mol. The number of rotatable bonds is 5. The van der Waals surface area contributed by atoms with Gasteiger partial charge in [-0.15, -0.1) is 0 Å². The Morgan fingerprint density at radius 3 is 2.62 bits per heavy atom. The van der Waals surface area contributed by atoms with Crippen LogP contribution in [0, 0.1) is 5.92 Å². The van der Waals surface area contributed by atoms with E-state index in [4.69, 9.17) is 11.5 Å². The Morgan fingerprint density at radius 1 is 1.44 bits per heavy atom. The number of amides is 1. The molecule has 1 saturated carbocycles. The predicted octanol–water partition coefficient (Wildman–Crippen LogP) is 0.214. The van der Waals surface area contributed by atoms with E-state index in [0.717, 1.165) is 19.3 Å². The summed E-state index contributed by atoms with van der Waals surface area (Å²) in [4.78, 5) is 11.4. The molecule has 0 heterocycles. The lowest BCUT2D eigenvalue weighted by Gasteiger charge is -2.17. The lowest BCUT2D eigenvalue weighted by Crippen LogP contribution is -2.42. The van der Waals surface area contributed by atoms with Crippen LogP contribution in [0.15, 0.2) is 0 Å². The number of alkyl halides is 2. The molecule has 1 rings (SSSR count). The SMILES string of the molecule is NCC(F)(F)CNC(=O)C[C@@H]1CCC[C@H]1N. The Bertz CT molecular complexity index is 248. The lowest BCUT2D eigenvalue weighted by molar-refractivity contribution is -0.123. The molecule has 0 spiro atoms. The fourth-order valence-electron chi connectivity index (χ4n) is 1.93. The number of carbonyl (C=O) groups excluding carboxylic acids is 1. The van der Waals surface area contributed by atoms with Crippen molar-refractivity contribution in [3.05, 3.63) is 0 Å². The molecule has 0 aromatic rings. The van der Waals surface area contributed by atoms with Gasteiger partial charge in [0, 0.05) is 12.5 Å². The van der Waals surface area contributed by atoms with Crippen LogP contribution < -0.4 is 16.8 Å². The van der Waals surface area contributed by atoms with Crippen molar-refractivity contribution >= 4 is 5.91 Å². The van der Waals surface area contributed by atoms with Crippen molar-refractivity contribution in [2.75, 3.05) is 13.1 Å². The van der Waals surface area contributed by atoms with Crippen molar-refractivity contribution in [2.24, 2.45) is 17.4 Å². The summed E-state index contributed by atoms with van der Waals surface area (Å²) in [6.07, 6.45) is 3.07. The Morgan fingerprint density at radius 2 is 2.12 bits per heavy atom. The van der Waals surface area contributed by atoms with E-state index in [1.165, 1.54) is 0 Å². The average Bonchev–Trinajstić information content (AvgIpc) is 2.62. The van der Waals surface area contributed by atoms with Gasteiger partial charge in [-0.3, -0.25) is 4.79 Å². The fraction of sp³-hybridized carbons (Fsp3) is 0.900. The first kappa shape index (κ1) is 13.3. The number of halogens is 2. The summed E-state index contributed by atoms with van der Waals surface area (Å²) in [5.74, 6) is -3.25. The van der Waals surface area contributed by atoms with Gasteiger partial charge in [0.2, 0.25) is 5.91 Å². The second kappa shape index (κ2) is 5.54. The third-order valence-electron chi connectivity index (χ3n) is 3.01. The molecular formula is C10H19F2N3O. The van der Waals surface area contributed by atoms with Gasteiger partial charge in [0.05, 0.1) is 13.1 Å². The highest BCUT2D eigenvalue weighted by atomic mass is 19.3. The van der Waals surface area contributed by atoms with Crippen molar-refractivity contribution in [3.8, 4) is 0 Å². The monoisotopic (exact) mass is 235 g/mol. The summed E-state index contributed by atoms with van der Waals surface area (Å²) < 4.78 is 25.5. The van der Waals surface area contributed by atoms with Gasteiger partial charge in [0.15, 0.2) is 0 Å². The zero-order valence-corrected chi connectivity index (χ0v) is 9.22. The zero-order chi connectivity index (χ0) is 12.2. The standard InChI is InChI=1S/C10H19F2N3O/c11-10(12,5-13)6-15-9(16)4-7-2-1-3-8(7)14/h7-8H,1-6,13-14H2,(H,15,16)/t7-,8+/m0/s1. The number of nitrogens with two attached hydrogens (primary N) is 2. The van der Waals surface area contributed by atoms with Crippen LogP contribution in [0.3, 0.4) is 0 Å². The van der Waals surface area contributed by atoms with Gasteiger partial charge < -0.3 is 16.8 Å². The first-order chi connectivity index (χ1) is 7.44. The molecule has 1 aliphatic rings. The molecule has 1 amide bonds. The molecule has 4 nitrogen and oxygen atoms in total. The number of hydrogen-bond donors (Lipinski definition) is 3. The number of hydrogen-bond acceptors (Lipinski definition) is 3. The second-order valence-corrected chi connectivity index (χ2v) is 4.40. The Labute approximate surface area is 93.7 Å². The molecule has 6 heteroatoms. The largest absolute Gasteiger partial charge is 0.350 e. The van der Waals surface area contributed by atoms with Crippen molar-refractivity contribution in [1.29, 1.82) is 0 Å². The van der Waals surface area contributed by atoms with Crippen LogP contribution in [0.4, 0.5) is 8.78 Å². The molecule has 0 aromatic carbocycles. The number of carbonyl (C=O) groups is 1. The molecule has 0 saturated heterocycles. The first-order valence-electron chi connectivity index (χ1n) is 5.55. The molecule has 0 radical (unpaired) electrons. The summed E-state index contributed by atoms with van der Waals surface area (Å²) in [5.41, 5.74) is 10.6. The van der Waals surface area contributed by atoms with Crippen molar-refractivity contribution in [3.63, 3.8) is 0 Å². The highest BCUT2D eigenvalue weighted by Gasteiger charge is 2.29. The average molecular weight is 235 g/mol. The van der Waals surface area contributed by atoms with Gasteiger partial charge in [-0.2, -0.15) is 0 Å². The molecule has 1 fully saturated rings. The normalized spacial score (nSPS) is 25.8. The number of nitrogens with one attached hydrogen (secondary N) is 1. The maximum Gasteiger partial charge on any atom is 0.277 e. The zero-order valence-electron chi connectivity index (χ0n) is 9.22. The highest BCUT2D eigenvalue weighted by Crippen LogP contribution is 2.26. The highest BCUT2D eigenvalue weighted by molar-refractivity contribution is 5.76. The second-order valence-electron chi connectivity index (χ2n) is 4.40. The Balaban J connectivity index is 2.25. The minimum Gasteiger partial charge on any atom is -0.350 e. The maximum atomic E-state index is 12.7. The van der Waals surface area contributed by atoms with Gasteiger partial charge >= 0.3 is 0 Å². The minimum absolute atomic E-state index is 0.0285. The van der Waals surface area contributed by atoms with Crippen LogP contribution in [0.5, 0.6) is 0 Å². The van der Waals surface area contributed by atoms with Crippen LogP contribution in [-0.4, -0.2) is 31.0 Å². The molecule has 0 aromatic heterocycles. The smallest absolute Gasteiger partial charge is 0.277 e. The predicted molar refractivity (Wildman–Crippen MR) is 56.9 cm³/mol. The lowest BCUT2D eigenvalue weighted by atomic mass is 10.00. The van der Waals surface area contributed by atoms with Crippen LogP contribution in [0.2, 0.25) is 0 Å². The molecule has 94 valence electrons. The van der Waals surface area contributed by atoms with Gasteiger partial charge in [-0.05, 0) is 18.8 Å². The van der Waals surface area contributed by atoms with E-state index >= 15 is 0 Å². The summed E-state index contributed by atoms with van der Waals surface area (Å²) >= 11 is 0. The third-order valence-corrected chi connectivity index (χ3v) is 3.01. The molecule has 0 unspecified atom stereocenters. The molecule has 1 aliphatic carbocycles. The van der Waals surface area contributed by atoms with E-state index in [1.807, 2.05) is 0 Å². The van der Waals surface area contributed by atoms with Gasteiger partial charge in [0.25, 0.3) is 5.92 Å². The molecule has 0 bridgehead atoms. The quantitative estimate of drug-likeness (QED) is 0.637. The van der Waals surface area contributed by atoms with Gasteiger partial charge in [0.1, 0.15) is 0 Å². The van der Waals surface area contributed by atoms with E-state index in [2.05, 4.69) is 5.32 Å². The van der Waals surface area contributed by atoms with Crippen molar-refractivity contribution in [2.45, 2.75) is 37.6 Å². The maximum absolute atomic E-state index is 12.7. The van der Waals surface area contributed by atoms with E-state index < -0.39 is 19.0 Å². The van der Waals surface area contributed by atoms with Crippen molar-refractivity contribution < 1.29 is 13.6 Å². The van der Waals surface area contributed by atoms with Gasteiger partial charge in [-0.25, -0.2) is 8.78 Å². The molecule has 2 atom stereocenters. The third kappa shape index (κ3) is 4.02. The summed E-state index contributed by atoms with van der Waals surface area (Å²) in [6, 6.07) is 0.0285. The van der Waals surface area contributed by atoms with E-state index in [0.29, 0.717) is 0 Å². The van der Waals surface area contributed by atoms with Crippen LogP contribution in [-0.2, 0) is 4.79 Å². The molecule has 0 aliphatic heterocycles. The van der Waals surface area contributed by atoms with Crippen LogP contribution >= 0.6 is 0 Å². The van der Waals surface area contributed by atoms with E-state index in [9.17, 15) is 13.6 Å². The minimum atomic E-state index is -3.02. The molecule has 5 N–H and O–H groups in total. The summed E-state index contributed by atoms with van der Waals surface area (Å²) in [5, 5.41) is 2.20. The van der Waals surface area contributed by atoms with Crippen LogP contribution in [0.1, 0.15) is 25.7 Å². The summed E-state index contributed by atoms with van der Waals surface area (Å²) in [6.45, 7) is -1.44. The van der Waals surface area contributed by atoms with E-state index in [-0.39, 0.29) is 24.3 Å². The topological polar surface area (TPSA) is 81.1 Å².